The number of amides is 1. The largest absolute Gasteiger partial charge is 0.490 e. The standard InChI is InChI=1S/C18H15FN4O4/c1-27-17-6-5-13(8-16(17)23(25)26)18(24)21-15-9-20-22(11-15)10-12-3-2-4-14(19)7-12/h2-9,11H,10H2,1H3,(H,21,24). The number of nitro groups is 1. The molecule has 0 fully saturated rings. The van der Waals surface area contributed by atoms with E-state index in [1.807, 2.05) is 0 Å². The number of hydrogen-bond donors (Lipinski definition) is 1. The lowest BCUT2D eigenvalue weighted by Crippen LogP contribution is -2.12. The summed E-state index contributed by atoms with van der Waals surface area (Å²) in [5, 5.41) is 17.8. The maximum absolute atomic E-state index is 13.2. The van der Waals surface area contributed by atoms with Crippen LogP contribution in [0.25, 0.3) is 0 Å². The summed E-state index contributed by atoms with van der Waals surface area (Å²) in [5.41, 5.74) is 0.948. The molecule has 1 amide bonds. The average molecular weight is 370 g/mol. The number of nitrogens with one attached hydrogen (secondary N) is 1. The smallest absolute Gasteiger partial charge is 0.311 e. The molecule has 0 aliphatic heterocycles. The van der Waals surface area contributed by atoms with Crippen molar-refractivity contribution in [3.63, 3.8) is 0 Å². The molecule has 0 radical (unpaired) electrons. The van der Waals surface area contributed by atoms with Crippen LogP contribution in [-0.4, -0.2) is 27.7 Å². The van der Waals surface area contributed by atoms with Gasteiger partial charge in [-0.3, -0.25) is 19.6 Å². The van der Waals surface area contributed by atoms with Crippen molar-refractivity contribution < 1.29 is 18.8 Å². The lowest BCUT2D eigenvalue weighted by molar-refractivity contribution is -0.385. The summed E-state index contributed by atoms with van der Waals surface area (Å²) >= 11 is 0. The number of aromatic nitrogens is 2. The number of rotatable bonds is 6. The van der Waals surface area contributed by atoms with Crippen LogP contribution in [0.1, 0.15) is 15.9 Å². The summed E-state index contributed by atoms with van der Waals surface area (Å²) in [6.07, 6.45) is 3.02. The minimum atomic E-state index is -0.618. The molecular weight excluding hydrogens is 355 g/mol. The molecular formula is C18H15FN4O4. The van der Waals surface area contributed by atoms with Gasteiger partial charge in [0.05, 0.1) is 30.5 Å². The first-order valence-electron chi connectivity index (χ1n) is 7.87. The predicted molar refractivity (Wildman–Crippen MR) is 95.3 cm³/mol. The number of benzene rings is 2. The van der Waals surface area contributed by atoms with Crippen molar-refractivity contribution in [2.24, 2.45) is 0 Å². The van der Waals surface area contributed by atoms with Gasteiger partial charge in [-0.15, -0.1) is 0 Å². The molecule has 1 N–H and O–H groups in total. The first-order chi connectivity index (χ1) is 13.0. The molecule has 138 valence electrons. The van der Waals surface area contributed by atoms with E-state index in [9.17, 15) is 19.3 Å². The Morgan fingerprint density at radius 1 is 1.33 bits per heavy atom. The van der Waals surface area contributed by atoms with Crippen molar-refractivity contribution >= 4 is 17.3 Å². The Balaban J connectivity index is 1.72. The molecule has 0 bridgehead atoms. The Bertz CT molecular complexity index is 1000. The molecule has 0 saturated carbocycles. The van der Waals surface area contributed by atoms with Gasteiger partial charge in [0.2, 0.25) is 0 Å². The van der Waals surface area contributed by atoms with Crippen LogP contribution in [0.2, 0.25) is 0 Å². The van der Waals surface area contributed by atoms with Gasteiger partial charge in [-0.25, -0.2) is 4.39 Å². The normalized spacial score (nSPS) is 10.4. The fourth-order valence-corrected chi connectivity index (χ4v) is 2.51. The second kappa shape index (κ2) is 7.65. The van der Waals surface area contributed by atoms with E-state index in [4.69, 9.17) is 4.74 Å². The van der Waals surface area contributed by atoms with Crippen molar-refractivity contribution in [1.82, 2.24) is 9.78 Å². The minimum Gasteiger partial charge on any atom is -0.490 e. The molecule has 0 aliphatic carbocycles. The minimum absolute atomic E-state index is 0.0689. The van der Waals surface area contributed by atoms with Gasteiger partial charge in [0, 0.05) is 17.8 Å². The van der Waals surface area contributed by atoms with Crippen LogP contribution < -0.4 is 10.1 Å². The third kappa shape index (κ3) is 4.27. The molecule has 3 rings (SSSR count). The molecule has 0 atom stereocenters. The summed E-state index contributed by atoms with van der Waals surface area (Å²) < 4.78 is 19.7. The fraction of sp³-hybridized carbons (Fsp3) is 0.111. The maximum Gasteiger partial charge on any atom is 0.311 e. The molecule has 9 heteroatoms. The highest BCUT2D eigenvalue weighted by atomic mass is 19.1. The lowest BCUT2D eigenvalue weighted by atomic mass is 10.1. The topological polar surface area (TPSA) is 99.3 Å². The number of halogens is 1. The Kier molecular flexibility index (Phi) is 5.11. The zero-order chi connectivity index (χ0) is 19.4. The summed E-state index contributed by atoms with van der Waals surface area (Å²) in [7, 11) is 1.31. The van der Waals surface area contributed by atoms with Crippen LogP contribution >= 0.6 is 0 Å². The monoisotopic (exact) mass is 370 g/mol. The Morgan fingerprint density at radius 3 is 2.85 bits per heavy atom. The summed E-state index contributed by atoms with van der Waals surface area (Å²) in [5.74, 6) is -0.792. The molecule has 0 aliphatic rings. The molecule has 0 spiro atoms. The van der Waals surface area contributed by atoms with Crippen molar-refractivity contribution in [3.8, 4) is 5.75 Å². The lowest BCUT2D eigenvalue weighted by Gasteiger charge is -2.05. The Morgan fingerprint density at radius 2 is 2.15 bits per heavy atom. The highest BCUT2D eigenvalue weighted by Crippen LogP contribution is 2.27. The van der Waals surface area contributed by atoms with E-state index in [2.05, 4.69) is 10.4 Å². The molecule has 0 saturated heterocycles. The number of methoxy groups -OCH3 is 1. The van der Waals surface area contributed by atoms with Crippen LogP contribution in [0.15, 0.2) is 54.9 Å². The predicted octanol–water partition coefficient (Wildman–Crippen LogP) is 3.24. The van der Waals surface area contributed by atoms with E-state index in [1.54, 1.807) is 23.0 Å². The molecule has 2 aromatic carbocycles. The van der Waals surface area contributed by atoms with Gasteiger partial charge in [-0.2, -0.15) is 5.10 Å². The van der Waals surface area contributed by atoms with E-state index in [0.717, 1.165) is 11.6 Å². The van der Waals surface area contributed by atoms with Gasteiger partial charge in [-0.1, -0.05) is 12.1 Å². The number of nitrogens with zero attached hydrogens (tertiary/aromatic N) is 3. The van der Waals surface area contributed by atoms with Crippen LogP contribution in [0, 0.1) is 15.9 Å². The number of carbonyl (C=O) groups is 1. The zero-order valence-corrected chi connectivity index (χ0v) is 14.3. The van der Waals surface area contributed by atoms with E-state index in [0.29, 0.717) is 12.2 Å². The van der Waals surface area contributed by atoms with Gasteiger partial charge in [0.15, 0.2) is 5.75 Å². The van der Waals surface area contributed by atoms with Gasteiger partial charge in [0.25, 0.3) is 5.91 Å². The van der Waals surface area contributed by atoms with E-state index >= 15 is 0 Å². The number of hydrogen-bond acceptors (Lipinski definition) is 5. The van der Waals surface area contributed by atoms with Crippen LogP contribution in [-0.2, 0) is 6.54 Å². The highest BCUT2D eigenvalue weighted by Gasteiger charge is 2.18. The molecule has 1 heterocycles. The number of anilines is 1. The van der Waals surface area contributed by atoms with Gasteiger partial charge >= 0.3 is 5.69 Å². The fourth-order valence-electron chi connectivity index (χ4n) is 2.51. The van der Waals surface area contributed by atoms with E-state index in [1.165, 1.54) is 37.6 Å². The molecule has 8 nitrogen and oxygen atoms in total. The number of nitro benzene ring substituents is 1. The highest BCUT2D eigenvalue weighted by molar-refractivity contribution is 6.04. The van der Waals surface area contributed by atoms with E-state index in [-0.39, 0.29) is 22.8 Å². The average Bonchev–Trinajstić information content (AvgIpc) is 3.07. The molecule has 3 aromatic rings. The van der Waals surface area contributed by atoms with Crippen LogP contribution in [0.5, 0.6) is 5.75 Å². The van der Waals surface area contributed by atoms with Crippen molar-refractivity contribution in [3.05, 3.63) is 81.9 Å². The maximum atomic E-state index is 13.2. The van der Waals surface area contributed by atoms with Crippen molar-refractivity contribution in [1.29, 1.82) is 0 Å². The molecule has 1 aromatic heterocycles. The molecule has 0 unspecified atom stereocenters. The Labute approximate surface area is 153 Å². The summed E-state index contributed by atoms with van der Waals surface area (Å²) in [6, 6.07) is 10.1. The third-order valence-electron chi connectivity index (χ3n) is 3.76. The first kappa shape index (κ1) is 18.1. The van der Waals surface area contributed by atoms with Crippen LogP contribution in [0.3, 0.4) is 0 Å². The summed E-state index contributed by atoms with van der Waals surface area (Å²) in [6.45, 7) is 0.335. The second-order valence-corrected chi connectivity index (χ2v) is 5.65. The third-order valence-corrected chi connectivity index (χ3v) is 3.76. The van der Waals surface area contributed by atoms with Crippen molar-refractivity contribution in [2.45, 2.75) is 6.54 Å². The zero-order valence-electron chi connectivity index (χ0n) is 14.3. The van der Waals surface area contributed by atoms with E-state index < -0.39 is 10.8 Å². The van der Waals surface area contributed by atoms with Crippen LogP contribution in [0.4, 0.5) is 15.8 Å². The quantitative estimate of drug-likeness (QED) is 0.530. The summed E-state index contributed by atoms with van der Waals surface area (Å²) in [4.78, 5) is 22.8. The SMILES string of the molecule is COc1ccc(C(=O)Nc2cnn(Cc3cccc(F)c3)c2)cc1[N+](=O)[O-]. The number of carbonyl (C=O) groups excluding carboxylic acids is 1. The first-order valence-corrected chi connectivity index (χ1v) is 7.87. The number of ether oxygens (including phenoxy) is 1. The van der Waals surface area contributed by atoms with Gasteiger partial charge in [0.1, 0.15) is 5.82 Å². The van der Waals surface area contributed by atoms with Crippen molar-refractivity contribution in [2.75, 3.05) is 12.4 Å². The molecule has 27 heavy (non-hydrogen) atoms. The van der Waals surface area contributed by atoms with Gasteiger partial charge in [-0.05, 0) is 29.8 Å². The second-order valence-electron chi connectivity index (χ2n) is 5.65. The van der Waals surface area contributed by atoms with Gasteiger partial charge < -0.3 is 10.1 Å². The Hall–Kier alpha value is -3.75.